The average Bonchev–Trinajstić information content (AvgIpc) is 3.45. The second-order valence-electron chi connectivity index (χ2n) is 7.67. The van der Waals surface area contributed by atoms with Crippen molar-refractivity contribution in [3.63, 3.8) is 0 Å². The molecule has 2 fully saturated rings. The molecule has 0 bridgehead atoms. The van der Waals surface area contributed by atoms with E-state index in [1.165, 1.54) is 0 Å². The lowest BCUT2D eigenvalue weighted by atomic mass is 10.2. The van der Waals surface area contributed by atoms with E-state index < -0.39 is 0 Å². The number of benzene rings is 1. The SMILES string of the molecule is O=C(NC1CC1)c1cccc(NC(=O)N2CCN(c3ncnc4[nH]ccc34)CC2)c1. The number of nitrogens with one attached hydrogen (secondary N) is 3. The Morgan fingerprint density at radius 1 is 1.07 bits per heavy atom. The van der Waals surface area contributed by atoms with Gasteiger partial charge in [0.05, 0.1) is 5.39 Å². The van der Waals surface area contributed by atoms with Crippen LogP contribution in [-0.4, -0.2) is 64.0 Å². The highest BCUT2D eigenvalue weighted by atomic mass is 16.2. The van der Waals surface area contributed by atoms with Gasteiger partial charge in [0.15, 0.2) is 0 Å². The Labute approximate surface area is 173 Å². The van der Waals surface area contributed by atoms with Gasteiger partial charge < -0.3 is 25.4 Å². The predicted molar refractivity (Wildman–Crippen MR) is 114 cm³/mol. The minimum absolute atomic E-state index is 0.0943. The molecule has 3 heterocycles. The fourth-order valence-electron chi connectivity index (χ4n) is 3.67. The number of piperazine rings is 1. The molecule has 0 spiro atoms. The smallest absolute Gasteiger partial charge is 0.321 e. The maximum Gasteiger partial charge on any atom is 0.321 e. The molecular weight excluding hydrogens is 382 g/mol. The van der Waals surface area contributed by atoms with Gasteiger partial charge in [-0.2, -0.15) is 0 Å². The molecule has 1 saturated carbocycles. The van der Waals surface area contributed by atoms with Gasteiger partial charge in [0, 0.05) is 49.7 Å². The van der Waals surface area contributed by atoms with Gasteiger partial charge in [-0.05, 0) is 37.1 Å². The van der Waals surface area contributed by atoms with Crippen molar-refractivity contribution in [3.05, 3.63) is 48.4 Å². The summed E-state index contributed by atoms with van der Waals surface area (Å²) in [5.74, 6) is 0.791. The molecule has 3 amide bonds. The number of aromatic amines is 1. The number of hydrogen-bond acceptors (Lipinski definition) is 5. The molecule has 5 rings (SSSR count). The van der Waals surface area contributed by atoms with Crippen molar-refractivity contribution in [2.24, 2.45) is 0 Å². The number of carbonyl (C=O) groups is 2. The highest BCUT2D eigenvalue weighted by Gasteiger charge is 2.25. The summed E-state index contributed by atoms with van der Waals surface area (Å²) >= 11 is 0. The van der Waals surface area contributed by atoms with Crippen molar-refractivity contribution in [3.8, 4) is 0 Å². The van der Waals surface area contributed by atoms with E-state index in [1.807, 2.05) is 12.3 Å². The van der Waals surface area contributed by atoms with Crippen LogP contribution in [-0.2, 0) is 0 Å². The maximum absolute atomic E-state index is 12.7. The number of H-pyrrole nitrogens is 1. The van der Waals surface area contributed by atoms with Crippen LogP contribution in [0.2, 0.25) is 0 Å². The molecule has 3 N–H and O–H groups in total. The van der Waals surface area contributed by atoms with Crippen molar-refractivity contribution in [2.45, 2.75) is 18.9 Å². The quantitative estimate of drug-likeness (QED) is 0.617. The first-order valence-corrected chi connectivity index (χ1v) is 10.2. The summed E-state index contributed by atoms with van der Waals surface area (Å²) in [6.07, 6.45) is 5.49. The Morgan fingerprint density at radius 2 is 1.90 bits per heavy atom. The zero-order valence-corrected chi connectivity index (χ0v) is 16.5. The van der Waals surface area contributed by atoms with E-state index in [1.54, 1.807) is 35.5 Å². The molecule has 0 atom stereocenters. The summed E-state index contributed by atoms with van der Waals surface area (Å²) in [4.78, 5) is 40.7. The van der Waals surface area contributed by atoms with Crippen LogP contribution in [0.3, 0.4) is 0 Å². The van der Waals surface area contributed by atoms with Crippen molar-refractivity contribution >= 4 is 34.5 Å². The van der Waals surface area contributed by atoms with E-state index in [4.69, 9.17) is 0 Å². The van der Waals surface area contributed by atoms with Crippen LogP contribution in [0, 0.1) is 0 Å². The van der Waals surface area contributed by atoms with Crippen LogP contribution in [0.15, 0.2) is 42.9 Å². The van der Waals surface area contributed by atoms with Gasteiger partial charge in [-0.25, -0.2) is 14.8 Å². The summed E-state index contributed by atoms with van der Waals surface area (Å²) in [6.45, 7) is 2.55. The molecule has 1 aliphatic carbocycles. The van der Waals surface area contributed by atoms with E-state index in [9.17, 15) is 9.59 Å². The largest absolute Gasteiger partial charge is 0.352 e. The first kappa shape index (κ1) is 18.4. The minimum Gasteiger partial charge on any atom is -0.352 e. The van der Waals surface area contributed by atoms with Crippen LogP contribution in [0.5, 0.6) is 0 Å². The van der Waals surface area contributed by atoms with Gasteiger partial charge in [-0.3, -0.25) is 4.79 Å². The highest BCUT2D eigenvalue weighted by Crippen LogP contribution is 2.23. The molecule has 9 nitrogen and oxygen atoms in total. The number of rotatable bonds is 4. The Hall–Kier alpha value is -3.62. The van der Waals surface area contributed by atoms with Gasteiger partial charge in [-0.15, -0.1) is 0 Å². The van der Waals surface area contributed by atoms with Crippen LogP contribution < -0.4 is 15.5 Å². The number of urea groups is 1. The molecule has 0 unspecified atom stereocenters. The second-order valence-corrected chi connectivity index (χ2v) is 7.67. The van der Waals surface area contributed by atoms with E-state index in [0.29, 0.717) is 43.5 Å². The number of amides is 3. The predicted octanol–water partition coefficient (Wildman–Crippen LogP) is 2.20. The topological polar surface area (TPSA) is 106 Å². The molecule has 3 aromatic rings. The van der Waals surface area contributed by atoms with E-state index in [0.717, 1.165) is 29.7 Å². The molecule has 2 aromatic heterocycles. The number of hydrogen-bond donors (Lipinski definition) is 3. The summed E-state index contributed by atoms with van der Waals surface area (Å²) in [5, 5.41) is 6.86. The standard InChI is InChI=1S/C21H23N7O2/c29-20(25-15-4-5-15)14-2-1-3-16(12-14)26-21(30)28-10-8-27(9-11-28)19-17-6-7-22-18(17)23-13-24-19/h1-3,6-7,12-13,15H,4-5,8-11H2,(H,25,29)(H,26,30)(H,22,23,24). The fraction of sp³-hybridized carbons (Fsp3) is 0.333. The monoisotopic (exact) mass is 405 g/mol. The molecule has 0 radical (unpaired) electrons. The third-order valence-corrected chi connectivity index (χ3v) is 5.49. The zero-order chi connectivity index (χ0) is 20.5. The normalized spacial score (nSPS) is 16.5. The van der Waals surface area contributed by atoms with Gasteiger partial charge >= 0.3 is 6.03 Å². The molecule has 2 aliphatic rings. The number of aromatic nitrogens is 3. The molecular formula is C21H23N7O2. The third-order valence-electron chi connectivity index (χ3n) is 5.49. The van der Waals surface area contributed by atoms with Gasteiger partial charge in [0.25, 0.3) is 5.91 Å². The summed E-state index contributed by atoms with van der Waals surface area (Å²) < 4.78 is 0. The lowest BCUT2D eigenvalue weighted by molar-refractivity contribution is 0.0951. The van der Waals surface area contributed by atoms with Crippen molar-refractivity contribution < 1.29 is 9.59 Å². The van der Waals surface area contributed by atoms with Gasteiger partial charge in [0.1, 0.15) is 17.8 Å². The molecule has 30 heavy (non-hydrogen) atoms. The molecule has 154 valence electrons. The Kier molecular flexibility index (Phi) is 4.70. The molecule has 1 aromatic carbocycles. The number of anilines is 2. The maximum atomic E-state index is 12.7. The van der Waals surface area contributed by atoms with Gasteiger partial charge in [-0.1, -0.05) is 6.07 Å². The summed E-state index contributed by atoms with van der Waals surface area (Å²) in [6, 6.07) is 9.16. The van der Waals surface area contributed by atoms with Crippen LogP contribution >= 0.6 is 0 Å². The third kappa shape index (κ3) is 3.78. The van der Waals surface area contributed by atoms with Crippen LogP contribution in [0.1, 0.15) is 23.2 Å². The lowest BCUT2D eigenvalue weighted by Crippen LogP contribution is -2.50. The van der Waals surface area contributed by atoms with Crippen molar-refractivity contribution in [2.75, 3.05) is 36.4 Å². The lowest BCUT2D eigenvalue weighted by Gasteiger charge is -2.35. The van der Waals surface area contributed by atoms with Crippen molar-refractivity contribution in [1.29, 1.82) is 0 Å². The van der Waals surface area contributed by atoms with E-state index in [2.05, 4.69) is 30.5 Å². The van der Waals surface area contributed by atoms with Crippen LogP contribution in [0.4, 0.5) is 16.3 Å². The summed E-state index contributed by atoms with van der Waals surface area (Å²) in [5.41, 5.74) is 1.99. The first-order valence-electron chi connectivity index (χ1n) is 10.2. The second kappa shape index (κ2) is 7.66. The number of carbonyl (C=O) groups excluding carboxylic acids is 2. The Balaban J connectivity index is 1.20. The number of fused-ring (bicyclic) bond motifs is 1. The first-order chi connectivity index (χ1) is 14.7. The van der Waals surface area contributed by atoms with E-state index >= 15 is 0 Å². The molecule has 9 heteroatoms. The minimum atomic E-state index is -0.163. The highest BCUT2D eigenvalue weighted by molar-refractivity contribution is 5.97. The molecule has 1 aliphatic heterocycles. The average molecular weight is 405 g/mol. The summed E-state index contributed by atoms with van der Waals surface area (Å²) in [7, 11) is 0. The molecule has 1 saturated heterocycles. The van der Waals surface area contributed by atoms with Crippen LogP contribution in [0.25, 0.3) is 11.0 Å². The number of nitrogens with zero attached hydrogens (tertiary/aromatic N) is 4. The Bertz CT molecular complexity index is 1080. The fourth-order valence-corrected chi connectivity index (χ4v) is 3.67. The van der Waals surface area contributed by atoms with Crippen molar-refractivity contribution in [1.82, 2.24) is 25.2 Å². The van der Waals surface area contributed by atoms with E-state index in [-0.39, 0.29) is 11.9 Å². The Morgan fingerprint density at radius 3 is 2.70 bits per heavy atom. The zero-order valence-electron chi connectivity index (χ0n) is 16.5. The van der Waals surface area contributed by atoms with Gasteiger partial charge in [0.2, 0.25) is 0 Å².